The Bertz CT molecular complexity index is 632. The maximum atomic E-state index is 5.96. The average molecular weight is 332 g/mol. The van der Waals surface area contributed by atoms with Gasteiger partial charge in [-0.05, 0) is 37.1 Å². The smallest absolute Gasteiger partial charge is 0.125 e. The number of benzene rings is 1. The Hall–Kier alpha value is -1.49. The second kappa shape index (κ2) is 7.86. The molecule has 1 aromatic heterocycles. The standard InChI is InChI=1S/C18H22ClN3O/c1-14-20-7-6-18(21-14)10-16-12-22(8-9-23-13-16)11-15-2-4-17(19)5-3-15/h2-7,16H,8-13H2,1H3/t16-/m1/s1. The third-order valence-electron chi connectivity index (χ3n) is 4.07. The lowest BCUT2D eigenvalue weighted by atomic mass is 10.0. The molecule has 0 unspecified atom stereocenters. The van der Waals surface area contributed by atoms with Gasteiger partial charge < -0.3 is 4.74 Å². The molecule has 1 saturated heterocycles. The summed E-state index contributed by atoms with van der Waals surface area (Å²) in [6.07, 6.45) is 2.77. The normalized spacial score (nSPS) is 19.5. The van der Waals surface area contributed by atoms with Crippen molar-refractivity contribution in [2.75, 3.05) is 26.3 Å². The Balaban J connectivity index is 1.62. The highest BCUT2D eigenvalue weighted by molar-refractivity contribution is 6.30. The first-order valence-corrected chi connectivity index (χ1v) is 8.40. The van der Waals surface area contributed by atoms with E-state index in [0.29, 0.717) is 5.92 Å². The molecule has 0 spiro atoms. The van der Waals surface area contributed by atoms with E-state index in [2.05, 4.69) is 27.0 Å². The van der Waals surface area contributed by atoms with Gasteiger partial charge in [-0.1, -0.05) is 23.7 Å². The van der Waals surface area contributed by atoms with Crippen LogP contribution in [0.1, 0.15) is 17.1 Å². The van der Waals surface area contributed by atoms with Crippen molar-refractivity contribution in [3.63, 3.8) is 0 Å². The summed E-state index contributed by atoms with van der Waals surface area (Å²) in [4.78, 5) is 11.1. The first kappa shape index (κ1) is 16.4. The molecule has 0 saturated carbocycles. The van der Waals surface area contributed by atoms with E-state index in [0.717, 1.165) is 55.8 Å². The van der Waals surface area contributed by atoms with Gasteiger partial charge >= 0.3 is 0 Å². The number of nitrogens with zero attached hydrogens (tertiary/aromatic N) is 3. The molecule has 2 heterocycles. The zero-order valence-corrected chi connectivity index (χ0v) is 14.2. The van der Waals surface area contributed by atoms with Crippen LogP contribution in [0.25, 0.3) is 0 Å². The molecule has 3 rings (SSSR count). The Kier molecular flexibility index (Phi) is 5.60. The third kappa shape index (κ3) is 4.99. The average Bonchev–Trinajstić information content (AvgIpc) is 2.75. The number of hydrogen-bond donors (Lipinski definition) is 0. The molecule has 0 bridgehead atoms. The molecule has 2 aromatic rings. The van der Waals surface area contributed by atoms with E-state index in [9.17, 15) is 0 Å². The fourth-order valence-electron chi connectivity index (χ4n) is 2.98. The van der Waals surface area contributed by atoms with Crippen LogP contribution < -0.4 is 0 Å². The lowest BCUT2D eigenvalue weighted by Crippen LogP contribution is -2.30. The summed E-state index contributed by atoms with van der Waals surface area (Å²) in [6, 6.07) is 10.1. The zero-order chi connectivity index (χ0) is 16.1. The van der Waals surface area contributed by atoms with Gasteiger partial charge in [-0.25, -0.2) is 9.97 Å². The molecule has 23 heavy (non-hydrogen) atoms. The zero-order valence-electron chi connectivity index (χ0n) is 13.4. The summed E-state index contributed by atoms with van der Waals surface area (Å²) in [6.45, 7) is 6.42. The SMILES string of the molecule is Cc1nccc(C[C@H]2COCCN(Cc3ccc(Cl)cc3)C2)n1. The van der Waals surface area contributed by atoms with E-state index in [1.807, 2.05) is 31.3 Å². The monoisotopic (exact) mass is 331 g/mol. The maximum absolute atomic E-state index is 5.96. The highest BCUT2D eigenvalue weighted by Gasteiger charge is 2.19. The van der Waals surface area contributed by atoms with Crippen molar-refractivity contribution >= 4 is 11.6 Å². The number of rotatable bonds is 4. The first-order chi connectivity index (χ1) is 11.2. The summed E-state index contributed by atoms with van der Waals surface area (Å²) in [5.41, 5.74) is 2.38. The van der Waals surface area contributed by atoms with Gasteiger partial charge in [0.15, 0.2) is 0 Å². The minimum absolute atomic E-state index is 0.458. The number of aromatic nitrogens is 2. The van der Waals surface area contributed by atoms with E-state index in [-0.39, 0.29) is 0 Å². The topological polar surface area (TPSA) is 38.2 Å². The van der Waals surface area contributed by atoms with Crippen LogP contribution in [-0.2, 0) is 17.7 Å². The van der Waals surface area contributed by atoms with Gasteiger partial charge in [0, 0.05) is 42.5 Å². The number of ether oxygens (including phenoxy) is 1. The molecule has 122 valence electrons. The molecule has 0 N–H and O–H groups in total. The van der Waals surface area contributed by atoms with Crippen molar-refractivity contribution in [1.29, 1.82) is 0 Å². The minimum atomic E-state index is 0.458. The summed E-state index contributed by atoms with van der Waals surface area (Å²) >= 11 is 5.96. The van der Waals surface area contributed by atoms with Gasteiger partial charge in [0.1, 0.15) is 5.82 Å². The maximum Gasteiger partial charge on any atom is 0.125 e. The van der Waals surface area contributed by atoms with Gasteiger partial charge in [-0.2, -0.15) is 0 Å². The van der Waals surface area contributed by atoms with E-state index in [4.69, 9.17) is 16.3 Å². The summed E-state index contributed by atoms with van der Waals surface area (Å²) < 4.78 is 5.79. The summed E-state index contributed by atoms with van der Waals surface area (Å²) in [7, 11) is 0. The minimum Gasteiger partial charge on any atom is -0.380 e. The Morgan fingerprint density at radius 2 is 2.09 bits per heavy atom. The van der Waals surface area contributed by atoms with Crippen LogP contribution in [0.4, 0.5) is 0 Å². The van der Waals surface area contributed by atoms with Crippen LogP contribution in [0.5, 0.6) is 0 Å². The molecule has 0 amide bonds. The first-order valence-electron chi connectivity index (χ1n) is 8.02. The number of aryl methyl sites for hydroxylation is 1. The van der Waals surface area contributed by atoms with Gasteiger partial charge in [0.05, 0.1) is 13.2 Å². The lowest BCUT2D eigenvalue weighted by molar-refractivity contribution is 0.121. The molecule has 1 atom stereocenters. The Morgan fingerprint density at radius 3 is 2.87 bits per heavy atom. The molecule has 5 heteroatoms. The lowest BCUT2D eigenvalue weighted by Gasteiger charge is -2.23. The van der Waals surface area contributed by atoms with Crippen molar-refractivity contribution in [3.05, 3.63) is 58.6 Å². The van der Waals surface area contributed by atoms with Crippen LogP contribution in [-0.4, -0.2) is 41.2 Å². The second-order valence-corrected chi connectivity index (χ2v) is 6.54. The van der Waals surface area contributed by atoms with Gasteiger partial charge in [-0.15, -0.1) is 0 Å². The predicted octanol–water partition coefficient (Wildman–Crippen LogP) is 3.13. The summed E-state index contributed by atoms with van der Waals surface area (Å²) in [5, 5.41) is 0.782. The van der Waals surface area contributed by atoms with Crippen molar-refractivity contribution in [3.8, 4) is 0 Å². The van der Waals surface area contributed by atoms with Crippen molar-refractivity contribution in [1.82, 2.24) is 14.9 Å². The third-order valence-corrected chi connectivity index (χ3v) is 4.32. The largest absolute Gasteiger partial charge is 0.380 e. The van der Waals surface area contributed by atoms with Crippen molar-refractivity contribution < 1.29 is 4.74 Å². The Labute approximate surface area is 142 Å². The molecule has 0 radical (unpaired) electrons. The fourth-order valence-corrected chi connectivity index (χ4v) is 3.11. The van der Waals surface area contributed by atoms with Crippen LogP contribution in [0.3, 0.4) is 0 Å². The van der Waals surface area contributed by atoms with Gasteiger partial charge in [0.25, 0.3) is 0 Å². The van der Waals surface area contributed by atoms with E-state index in [1.165, 1.54) is 5.56 Å². The predicted molar refractivity (Wildman–Crippen MR) is 91.5 cm³/mol. The molecular weight excluding hydrogens is 310 g/mol. The molecule has 1 aliphatic rings. The van der Waals surface area contributed by atoms with Gasteiger partial charge in [0.2, 0.25) is 0 Å². The highest BCUT2D eigenvalue weighted by Crippen LogP contribution is 2.16. The van der Waals surface area contributed by atoms with Crippen LogP contribution in [0.15, 0.2) is 36.5 Å². The summed E-state index contributed by atoms with van der Waals surface area (Å²) in [5.74, 6) is 1.29. The van der Waals surface area contributed by atoms with E-state index >= 15 is 0 Å². The van der Waals surface area contributed by atoms with Gasteiger partial charge in [-0.3, -0.25) is 4.90 Å². The molecule has 4 nitrogen and oxygen atoms in total. The Morgan fingerprint density at radius 1 is 1.26 bits per heavy atom. The molecule has 0 aliphatic carbocycles. The van der Waals surface area contributed by atoms with Crippen molar-refractivity contribution in [2.24, 2.45) is 5.92 Å². The molecule has 1 fully saturated rings. The second-order valence-electron chi connectivity index (χ2n) is 6.10. The van der Waals surface area contributed by atoms with E-state index in [1.54, 1.807) is 0 Å². The van der Waals surface area contributed by atoms with Crippen LogP contribution >= 0.6 is 11.6 Å². The molecule has 1 aromatic carbocycles. The fraction of sp³-hybridized carbons (Fsp3) is 0.444. The van der Waals surface area contributed by atoms with Crippen LogP contribution in [0, 0.1) is 12.8 Å². The quantitative estimate of drug-likeness (QED) is 0.862. The highest BCUT2D eigenvalue weighted by atomic mass is 35.5. The number of hydrogen-bond acceptors (Lipinski definition) is 4. The van der Waals surface area contributed by atoms with E-state index < -0.39 is 0 Å². The molecule has 1 aliphatic heterocycles. The van der Waals surface area contributed by atoms with Crippen molar-refractivity contribution in [2.45, 2.75) is 19.9 Å². The molecular formula is C18H22ClN3O. The number of halogens is 1. The van der Waals surface area contributed by atoms with Crippen LogP contribution in [0.2, 0.25) is 5.02 Å².